The van der Waals surface area contributed by atoms with Crippen molar-refractivity contribution in [1.29, 1.82) is 0 Å². The van der Waals surface area contributed by atoms with Crippen LogP contribution in [0.1, 0.15) is 23.2 Å². The predicted octanol–water partition coefficient (Wildman–Crippen LogP) is 4.12. The molecule has 8 nitrogen and oxygen atoms in total. The third-order valence-corrected chi connectivity index (χ3v) is 6.26. The number of anilines is 1. The van der Waals surface area contributed by atoms with Gasteiger partial charge in [-0.1, -0.05) is 6.07 Å². The van der Waals surface area contributed by atoms with E-state index in [2.05, 4.69) is 4.98 Å². The Morgan fingerprint density at radius 2 is 1.97 bits per heavy atom. The number of carboxylic acids is 1. The van der Waals surface area contributed by atoms with Gasteiger partial charge in [0.05, 0.1) is 17.2 Å². The molecule has 0 spiro atoms. The largest absolute Gasteiger partial charge is 0.505 e. The van der Waals surface area contributed by atoms with Crippen LogP contribution in [0.4, 0.5) is 14.5 Å². The van der Waals surface area contributed by atoms with Gasteiger partial charge in [-0.15, -0.1) is 0 Å². The molecule has 1 fully saturated rings. The van der Waals surface area contributed by atoms with Crippen molar-refractivity contribution in [3.8, 4) is 17.3 Å². The van der Waals surface area contributed by atoms with Crippen molar-refractivity contribution in [1.82, 2.24) is 9.55 Å². The summed E-state index contributed by atoms with van der Waals surface area (Å²) in [5, 5.41) is 19.3. The van der Waals surface area contributed by atoms with Crippen LogP contribution in [-0.4, -0.2) is 44.9 Å². The lowest BCUT2D eigenvalue weighted by Gasteiger charge is -2.27. The minimum Gasteiger partial charge on any atom is -0.505 e. The van der Waals surface area contributed by atoms with Crippen molar-refractivity contribution in [2.24, 2.45) is 0 Å². The van der Waals surface area contributed by atoms with E-state index in [4.69, 9.17) is 4.74 Å². The second-order valence-electron chi connectivity index (χ2n) is 8.47. The summed E-state index contributed by atoms with van der Waals surface area (Å²) in [5.41, 5.74) is -0.792. The average Bonchev–Trinajstić information content (AvgIpc) is 3.33. The molecule has 1 atom stereocenters. The Morgan fingerprint density at radius 3 is 2.69 bits per heavy atom. The SMILES string of the molecule is O=C(O)c1cn(-c2ccc(F)c(O)c2)c2cc(N3CCC[C@@H]3COc3ccccn3)c(F)cc2c1=O. The molecule has 0 saturated carbocycles. The van der Waals surface area contributed by atoms with E-state index in [0.717, 1.165) is 37.2 Å². The van der Waals surface area contributed by atoms with Gasteiger partial charge < -0.3 is 24.4 Å². The summed E-state index contributed by atoms with van der Waals surface area (Å²) in [4.78, 5) is 30.6. The summed E-state index contributed by atoms with van der Waals surface area (Å²) in [6, 6.07) is 11.1. The van der Waals surface area contributed by atoms with Crippen molar-refractivity contribution in [3.63, 3.8) is 0 Å². The second-order valence-corrected chi connectivity index (χ2v) is 8.47. The topological polar surface area (TPSA) is 105 Å². The Balaban J connectivity index is 1.62. The van der Waals surface area contributed by atoms with Gasteiger partial charge in [0.15, 0.2) is 11.6 Å². The highest BCUT2D eigenvalue weighted by molar-refractivity contribution is 5.94. The van der Waals surface area contributed by atoms with Gasteiger partial charge in [-0.2, -0.15) is 0 Å². The number of carboxylic acid groups (broad SMARTS) is 1. The first kappa shape index (κ1) is 23.3. The van der Waals surface area contributed by atoms with Crippen LogP contribution in [-0.2, 0) is 0 Å². The lowest BCUT2D eigenvalue weighted by Crippen LogP contribution is -2.35. The lowest BCUT2D eigenvalue weighted by atomic mass is 10.1. The number of pyridine rings is 2. The minimum absolute atomic E-state index is 0.152. The van der Waals surface area contributed by atoms with Crippen LogP contribution < -0.4 is 15.1 Å². The fourth-order valence-electron chi connectivity index (χ4n) is 4.51. The fraction of sp³-hybridized carbons (Fsp3) is 0.192. The molecule has 5 rings (SSSR count). The Morgan fingerprint density at radius 1 is 1.14 bits per heavy atom. The van der Waals surface area contributed by atoms with E-state index in [1.807, 2.05) is 4.90 Å². The van der Waals surface area contributed by atoms with Gasteiger partial charge in [0.1, 0.15) is 18.0 Å². The first-order valence-corrected chi connectivity index (χ1v) is 11.2. The first-order valence-electron chi connectivity index (χ1n) is 11.2. The molecule has 1 aliphatic rings. The van der Waals surface area contributed by atoms with Crippen LogP contribution in [0.3, 0.4) is 0 Å². The summed E-state index contributed by atoms with van der Waals surface area (Å²) in [7, 11) is 0. The molecular weight excluding hydrogens is 472 g/mol. The van der Waals surface area contributed by atoms with Crippen molar-refractivity contribution in [3.05, 3.63) is 88.3 Å². The molecule has 2 aromatic heterocycles. The molecule has 0 amide bonds. The average molecular weight is 493 g/mol. The number of aromatic carboxylic acids is 1. The van der Waals surface area contributed by atoms with E-state index in [1.54, 1.807) is 24.4 Å². The molecule has 184 valence electrons. The van der Waals surface area contributed by atoms with E-state index >= 15 is 4.39 Å². The Labute approximate surface area is 203 Å². The Hall–Kier alpha value is -4.47. The molecule has 2 aromatic carbocycles. The molecular formula is C26H21F2N3O5. The molecule has 10 heteroatoms. The number of halogens is 2. The molecule has 36 heavy (non-hydrogen) atoms. The summed E-state index contributed by atoms with van der Waals surface area (Å²) in [6.45, 7) is 0.818. The Kier molecular flexibility index (Phi) is 6.01. The molecule has 3 heterocycles. The van der Waals surface area contributed by atoms with Gasteiger partial charge in [-0.3, -0.25) is 4.79 Å². The summed E-state index contributed by atoms with van der Waals surface area (Å²) in [5.74, 6) is -3.22. The normalized spacial score (nSPS) is 15.4. The molecule has 0 bridgehead atoms. The maximum Gasteiger partial charge on any atom is 0.341 e. The lowest BCUT2D eigenvalue weighted by molar-refractivity contribution is 0.0695. The number of hydrogen-bond acceptors (Lipinski definition) is 6. The fourth-order valence-corrected chi connectivity index (χ4v) is 4.51. The summed E-state index contributed by atoms with van der Waals surface area (Å²) in [6.07, 6.45) is 4.25. The highest BCUT2D eigenvalue weighted by Gasteiger charge is 2.29. The van der Waals surface area contributed by atoms with E-state index < -0.39 is 34.3 Å². The van der Waals surface area contributed by atoms with Crippen molar-refractivity contribution in [2.45, 2.75) is 18.9 Å². The number of phenolic OH excluding ortho intramolecular Hbond substituents is 1. The summed E-state index contributed by atoms with van der Waals surface area (Å²) >= 11 is 0. The maximum absolute atomic E-state index is 15.4. The molecule has 4 aromatic rings. The van der Waals surface area contributed by atoms with Crippen LogP contribution in [0.5, 0.6) is 11.6 Å². The Bertz CT molecular complexity index is 1520. The van der Waals surface area contributed by atoms with Crippen molar-refractivity contribution < 1.29 is 28.5 Å². The number of benzene rings is 2. The van der Waals surface area contributed by atoms with Crippen LogP contribution in [0.15, 0.2) is 65.7 Å². The molecule has 0 radical (unpaired) electrons. The number of ether oxygens (including phenoxy) is 1. The van der Waals surface area contributed by atoms with E-state index in [0.29, 0.717) is 12.4 Å². The number of aromatic hydroxyl groups is 1. The molecule has 1 aliphatic heterocycles. The van der Waals surface area contributed by atoms with Crippen LogP contribution >= 0.6 is 0 Å². The predicted molar refractivity (Wildman–Crippen MR) is 128 cm³/mol. The zero-order valence-corrected chi connectivity index (χ0v) is 18.9. The maximum atomic E-state index is 15.4. The number of aromatic nitrogens is 2. The van der Waals surface area contributed by atoms with Crippen LogP contribution in [0.2, 0.25) is 0 Å². The molecule has 1 saturated heterocycles. The number of hydrogen-bond donors (Lipinski definition) is 2. The molecule has 0 unspecified atom stereocenters. The minimum atomic E-state index is -1.49. The van der Waals surface area contributed by atoms with E-state index in [1.165, 1.54) is 16.7 Å². The number of rotatable bonds is 6. The van der Waals surface area contributed by atoms with Gasteiger partial charge in [0, 0.05) is 42.1 Å². The number of fused-ring (bicyclic) bond motifs is 1. The zero-order chi connectivity index (χ0) is 25.4. The molecule has 0 aliphatic carbocycles. The summed E-state index contributed by atoms with van der Waals surface area (Å²) < 4.78 is 36.2. The quantitative estimate of drug-likeness (QED) is 0.416. The van der Waals surface area contributed by atoms with Gasteiger partial charge in [-0.05, 0) is 43.2 Å². The van der Waals surface area contributed by atoms with Crippen molar-refractivity contribution in [2.75, 3.05) is 18.1 Å². The van der Waals surface area contributed by atoms with E-state index in [9.17, 15) is 24.2 Å². The van der Waals surface area contributed by atoms with Gasteiger partial charge in [0.2, 0.25) is 11.3 Å². The number of nitrogens with zero attached hydrogens (tertiary/aromatic N) is 3. The van der Waals surface area contributed by atoms with Gasteiger partial charge in [-0.25, -0.2) is 18.6 Å². The smallest absolute Gasteiger partial charge is 0.341 e. The van der Waals surface area contributed by atoms with Crippen molar-refractivity contribution >= 4 is 22.6 Å². The first-order chi connectivity index (χ1) is 17.3. The highest BCUT2D eigenvalue weighted by atomic mass is 19.1. The highest BCUT2D eigenvalue weighted by Crippen LogP contribution is 2.32. The van der Waals surface area contributed by atoms with Crippen LogP contribution in [0, 0.1) is 11.6 Å². The van der Waals surface area contributed by atoms with Gasteiger partial charge >= 0.3 is 5.97 Å². The standard InChI is InChI=1S/C26H21F2N3O5/c27-19-7-6-15(10-23(19)32)31-13-18(26(34)35)25(33)17-11-20(28)22(12-21(17)31)30-9-3-4-16(30)14-36-24-5-1-2-8-29-24/h1-2,5-8,10-13,16,32H,3-4,9,14H2,(H,34,35)/t16-/m1/s1. The zero-order valence-electron chi connectivity index (χ0n) is 18.9. The monoisotopic (exact) mass is 493 g/mol. The van der Waals surface area contributed by atoms with E-state index in [-0.39, 0.29) is 34.9 Å². The van der Waals surface area contributed by atoms with Gasteiger partial charge in [0.25, 0.3) is 0 Å². The third kappa shape index (κ3) is 4.21. The second kappa shape index (κ2) is 9.29. The number of carbonyl (C=O) groups is 1. The third-order valence-electron chi connectivity index (χ3n) is 6.26. The van der Waals surface area contributed by atoms with Crippen LogP contribution in [0.25, 0.3) is 16.6 Å². The number of phenols is 1. The molecule has 2 N–H and O–H groups in total.